The average Bonchev–Trinajstić information content (AvgIpc) is 3.28. The van der Waals surface area contributed by atoms with Gasteiger partial charge in [-0.2, -0.15) is 0 Å². The van der Waals surface area contributed by atoms with E-state index in [0.717, 1.165) is 38.5 Å². The predicted molar refractivity (Wildman–Crippen MR) is 122 cm³/mol. The maximum absolute atomic E-state index is 10.4. The fraction of sp³-hybridized carbons (Fsp3) is 0.536. The molecule has 2 unspecified atom stereocenters. The van der Waals surface area contributed by atoms with Crippen molar-refractivity contribution in [2.75, 3.05) is 0 Å². The number of rotatable bonds is 1. The van der Waals surface area contributed by atoms with Crippen molar-refractivity contribution in [1.29, 1.82) is 0 Å². The van der Waals surface area contributed by atoms with Gasteiger partial charge in [0, 0.05) is 24.2 Å². The van der Waals surface area contributed by atoms with Crippen molar-refractivity contribution in [1.82, 2.24) is 4.98 Å². The molecule has 3 heteroatoms. The second-order valence-corrected chi connectivity index (χ2v) is 11.1. The lowest BCUT2D eigenvalue weighted by molar-refractivity contribution is -0.144. The molecule has 2 spiro atoms. The molecule has 160 valence electrons. The highest BCUT2D eigenvalue weighted by Crippen LogP contribution is 2.69. The molecule has 2 aliphatic heterocycles. The van der Waals surface area contributed by atoms with Crippen LogP contribution in [0.2, 0.25) is 0 Å². The smallest absolute Gasteiger partial charge is 0.0974 e. The molecule has 3 aliphatic carbocycles. The van der Waals surface area contributed by atoms with Gasteiger partial charge < -0.3 is 9.84 Å². The van der Waals surface area contributed by atoms with E-state index in [9.17, 15) is 5.11 Å². The van der Waals surface area contributed by atoms with Crippen molar-refractivity contribution in [3.63, 3.8) is 0 Å². The Balaban J connectivity index is 1.31. The molecule has 3 heterocycles. The second kappa shape index (κ2) is 6.08. The first kappa shape index (κ1) is 18.6. The lowest BCUT2D eigenvalue weighted by atomic mass is 9.58. The van der Waals surface area contributed by atoms with Crippen LogP contribution in [0.25, 0.3) is 10.8 Å². The van der Waals surface area contributed by atoms with Crippen molar-refractivity contribution < 1.29 is 9.84 Å². The third kappa shape index (κ3) is 2.34. The van der Waals surface area contributed by atoms with Crippen LogP contribution in [0.1, 0.15) is 69.8 Å². The Hall–Kier alpha value is -1.97. The van der Waals surface area contributed by atoms with Gasteiger partial charge in [-0.15, -0.1) is 0 Å². The number of hydrogen-bond donors (Lipinski definition) is 1. The zero-order chi connectivity index (χ0) is 20.8. The van der Waals surface area contributed by atoms with Gasteiger partial charge in [-0.05, 0) is 96.4 Å². The number of benzene rings is 1. The first-order valence-electron chi connectivity index (χ1n) is 12.2. The summed E-state index contributed by atoms with van der Waals surface area (Å²) in [6.07, 6.45) is 17.1. The summed E-state index contributed by atoms with van der Waals surface area (Å²) >= 11 is 0. The summed E-state index contributed by atoms with van der Waals surface area (Å²) in [7, 11) is 0. The van der Waals surface area contributed by atoms with Gasteiger partial charge in [-0.25, -0.2) is 0 Å². The van der Waals surface area contributed by atoms with Crippen LogP contribution in [0.3, 0.4) is 0 Å². The third-order valence-electron chi connectivity index (χ3n) is 9.72. The fourth-order valence-corrected chi connectivity index (χ4v) is 8.25. The lowest BCUT2D eigenvalue weighted by Crippen LogP contribution is -2.54. The van der Waals surface area contributed by atoms with E-state index < -0.39 is 0 Å². The first-order valence-corrected chi connectivity index (χ1v) is 12.2. The normalized spacial score (nSPS) is 43.1. The van der Waals surface area contributed by atoms with Crippen LogP contribution in [-0.2, 0) is 4.74 Å². The van der Waals surface area contributed by atoms with Gasteiger partial charge in [0.1, 0.15) is 0 Å². The number of aliphatic hydroxyl groups is 1. The standard InChI is InChI=1S/C28H31NO2/c1-26-10-8-22-15-21-4-5-23(30)16-27(21)11-12-28(22,31-27)25(26)7-6-24(26)19-3-2-18-9-13-29-17-20(18)14-19/h2-3,8-9,13-15,17,23-25,30H,4-7,10-12,16H2,1H3/t23-,24?,25-,26-,27-,28?/m1/s1. The summed E-state index contributed by atoms with van der Waals surface area (Å²) in [5.41, 5.74) is 4.26. The number of aromatic nitrogens is 1. The Labute approximate surface area is 184 Å². The summed E-state index contributed by atoms with van der Waals surface area (Å²) in [5.74, 6) is 1.10. The zero-order valence-corrected chi connectivity index (χ0v) is 18.3. The highest BCUT2D eigenvalue weighted by atomic mass is 16.5. The van der Waals surface area contributed by atoms with E-state index in [1.54, 1.807) is 0 Å². The number of allylic oxidation sites excluding steroid dienone is 1. The Morgan fingerprint density at radius 3 is 2.97 bits per heavy atom. The van der Waals surface area contributed by atoms with Crippen molar-refractivity contribution in [3.05, 3.63) is 65.5 Å². The minimum Gasteiger partial charge on any atom is -0.393 e. The van der Waals surface area contributed by atoms with Crippen LogP contribution in [0.5, 0.6) is 0 Å². The van der Waals surface area contributed by atoms with E-state index >= 15 is 0 Å². The minimum atomic E-state index is -0.213. The SMILES string of the molecule is C[C@]12CC=C3C=C4CC[C@@H](O)C[C@]45CCC3(O5)[C@@H]1CCC2c1ccc2ccncc2c1. The lowest BCUT2D eigenvalue weighted by Gasteiger charge is -2.54. The van der Waals surface area contributed by atoms with Gasteiger partial charge in [0.2, 0.25) is 0 Å². The zero-order valence-electron chi connectivity index (χ0n) is 18.3. The highest BCUT2D eigenvalue weighted by molar-refractivity contribution is 5.82. The molecule has 0 amide bonds. The van der Waals surface area contributed by atoms with Crippen molar-refractivity contribution >= 4 is 10.8 Å². The molecule has 2 aromatic rings. The molecule has 0 radical (unpaired) electrons. The van der Waals surface area contributed by atoms with Crippen molar-refractivity contribution in [2.45, 2.75) is 81.5 Å². The van der Waals surface area contributed by atoms with Gasteiger partial charge >= 0.3 is 0 Å². The maximum Gasteiger partial charge on any atom is 0.0974 e. The Kier molecular flexibility index (Phi) is 3.65. The van der Waals surface area contributed by atoms with Crippen LogP contribution >= 0.6 is 0 Å². The van der Waals surface area contributed by atoms with Crippen LogP contribution in [-0.4, -0.2) is 27.4 Å². The molecular weight excluding hydrogens is 382 g/mol. The van der Waals surface area contributed by atoms with E-state index in [4.69, 9.17) is 4.74 Å². The van der Waals surface area contributed by atoms with Crippen LogP contribution in [0.4, 0.5) is 0 Å². The minimum absolute atomic E-state index is 0.138. The second-order valence-electron chi connectivity index (χ2n) is 11.1. The molecule has 1 aromatic heterocycles. The first-order chi connectivity index (χ1) is 15.0. The number of fused-ring (bicyclic) bond motifs is 2. The molecule has 6 atom stereocenters. The average molecular weight is 414 g/mol. The van der Waals surface area contributed by atoms with E-state index in [1.807, 2.05) is 12.4 Å². The van der Waals surface area contributed by atoms with Gasteiger partial charge in [0.05, 0.1) is 17.3 Å². The number of pyridine rings is 1. The van der Waals surface area contributed by atoms with Gasteiger partial charge in [-0.3, -0.25) is 4.98 Å². The maximum atomic E-state index is 10.4. The fourth-order valence-electron chi connectivity index (χ4n) is 8.25. The molecule has 5 aliphatic rings. The third-order valence-corrected chi connectivity index (χ3v) is 9.72. The summed E-state index contributed by atoms with van der Waals surface area (Å²) < 4.78 is 7.18. The van der Waals surface area contributed by atoms with Gasteiger partial charge in [0.25, 0.3) is 0 Å². The van der Waals surface area contributed by atoms with Gasteiger partial charge in [-0.1, -0.05) is 31.2 Å². The number of ether oxygens (including phenoxy) is 1. The summed E-state index contributed by atoms with van der Waals surface area (Å²) in [5, 5.41) is 13.0. The molecular formula is C28H31NO2. The Morgan fingerprint density at radius 2 is 2.03 bits per heavy atom. The summed E-state index contributed by atoms with van der Waals surface area (Å²) in [6, 6.07) is 9.10. The Bertz CT molecular complexity index is 1150. The molecule has 1 N–H and O–H groups in total. The van der Waals surface area contributed by atoms with Crippen molar-refractivity contribution in [2.24, 2.45) is 11.3 Å². The van der Waals surface area contributed by atoms with Crippen LogP contribution < -0.4 is 0 Å². The van der Waals surface area contributed by atoms with E-state index in [-0.39, 0.29) is 22.7 Å². The van der Waals surface area contributed by atoms with E-state index in [1.165, 1.54) is 40.3 Å². The molecule has 1 saturated heterocycles. The summed E-state index contributed by atoms with van der Waals surface area (Å²) in [6.45, 7) is 2.52. The number of hydrogen-bond acceptors (Lipinski definition) is 3. The molecule has 7 rings (SSSR count). The van der Waals surface area contributed by atoms with Crippen LogP contribution in [0, 0.1) is 11.3 Å². The largest absolute Gasteiger partial charge is 0.393 e. The molecule has 2 saturated carbocycles. The molecule has 3 nitrogen and oxygen atoms in total. The van der Waals surface area contributed by atoms with E-state index in [0.29, 0.717) is 11.8 Å². The molecule has 2 bridgehead atoms. The van der Waals surface area contributed by atoms with Crippen molar-refractivity contribution in [3.8, 4) is 0 Å². The van der Waals surface area contributed by atoms with Crippen LogP contribution in [0.15, 0.2) is 60.0 Å². The Morgan fingerprint density at radius 1 is 1.10 bits per heavy atom. The topological polar surface area (TPSA) is 42.4 Å². The number of aliphatic hydroxyl groups excluding tert-OH is 1. The highest BCUT2D eigenvalue weighted by Gasteiger charge is 2.66. The summed E-state index contributed by atoms with van der Waals surface area (Å²) in [4.78, 5) is 4.35. The van der Waals surface area contributed by atoms with E-state index in [2.05, 4.69) is 48.3 Å². The molecule has 1 aromatic carbocycles. The number of nitrogens with zero attached hydrogens (tertiary/aromatic N) is 1. The molecule has 3 fully saturated rings. The monoisotopic (exact) mass is 413 g/mol. The quantitative estimate of drug-likeness (QED) is 0.639. The van der Waals surface area contributed by atoms with Gasteiger partial charge in [0.15, 0.2) is 0 Å². The predicted octanol–water partition coefficient (Wildman–Crippen LogP) is 5.84. The molecule has 31 heavy (non-hydrogen) atoms.